The number of fused-ring (bicyclic) bond motifs is 1. The molecule has 0 saturated carbocycles. The molecule has 3 atom stereocenters. The minimum atomic E-state index is -0.763. The standard InChI is InChI=1S/C25H29Cl2N3O3/c1-15(31)24-23(29(2)14-16-9-18(26)11-19(27)10-16)6-8-30(25(24)33)7-5-17-13-28-22-4-3-20(32)12-21(17)22/h3-4,9-13,15,23-24,28,31-32H,5-8,14H2,1-2H3. The van der Waals surface area contributed by atoms with Crippen molar-refractivity contribution >= 4 is 40.0 Å². The van der Waals surface area contributed by atoms with Gasteiger partial charge in [-0.15, -0.1) is 0 Å². The Morgan fingerprint density at radius 1 is 1.21 bits per heavy atom. The van der Waals surface area contributed by atoms with Crippen LogP contribution in [0.15, 0.2) is 42.6 Å². The Morgan fingerprint density at radius 3 is 2.64 bits per heavy atom. The van der Waals surface area contributed by atoms with E-state index in [-0.39, 0.29) is 17.7 Å². The SMILES string of the molecule is CC(O)C1C(=O)N(CCc2c[nH]c3ccc(O)cc23)CCC1N(C)Cc1cc(Cl)cc(Cl)c1. The Labute approximate surface area is 203 Å². The molecule has 0 radical (unpaired) electrons. The zero-order valence-electron chi connectivity index (χ0n) is 18.8. The highest BCUT2D eigenvalue weighted by Crippen LogP contribution is 2.29. The van der Waals surface area contributed by atoms with Crippen molar-refractivity contribution in [1.82, 2.24) is 14.8 Å². The lowest BCUT2D eigenvalue weighted by Crippen LogP contribution is -2.56. The number of nitrogens with zero attached hydrogens (tertiary/aromatic N) is 2. The van der Waals surface area contributed by atoms with Crippen molar-refractivity contribution in [3.05, 3.63) is 63.8 Å². The zero-order valence-corrected chi connectivity index (χ0v) is 20.3. The fourth-order valence-electron chi connectivity index (χ4n) is 4.93. The number of amides is 1. The number of phenolic OH excluding ortho intramolecular Hbond substituents is 1. The van der Waals surface area contributed by atoms with Gasteiger partial charge in [0.05, 0.1) is 12.0 Å². The molecule has 6 nitrogen and oxygen atoms in total. The summed E-state index contributed by atoms with van der Waals surface area (Å²) in [5.41, 5.74) is 2.98. The molecule has 1 fully saturated rings. The number of carbonyl (C=O) groups is 1. The van der Waals surface area contributed by atoms with Gasteiger partial charge in [0.2, 0.25) is 5.91 Å². The van der Waals surface area contributed by atoms with E-state index < -0.39 is 12.0 Å². The predicted molar refractivity (Wildman–Crippen MR) is 132 cm³/mol. The predicted octanol–water partition coefficient (Wildman–Crippen LogP) is 4.45. The first-order valence-electron chi connectivity index (χ1n) is 11.1. The van der Waals surface area contributed by atoms with E-state index in [1.54, 1.807) is 25.1 Å². The van der Waals surface area contributed by atoms with Gasteiger partial charge in [-0.2, -0.15) is 0 Å². The third-order valence-electron chi connectivity index (χ3n) is 6.55. The van der Waals surface area contributed by atoms with Crippen LogP contribution in [0.4, 0.5) is 0 Å². The number of aromatic nitrogens is 1. The number of phenols is 1. The van der Waals surface area contributed by atoms with Crippen LogP contribution in [0.3, 0.4) is 0 Å². The molecule has 3 N–H and O–H groups in total. The number of likely N-dealkylation sites (tertiary alicyclic amines) is 1. The van der Waals surface area contributed by atoms with Gasteiger partial charge in [0.15, 0.2) is 0 Å². The van der Waals surface area contributed by atoms with Crippen LogP contribution in [-0.2, 0) is 17.8 Å². The molecule has 2 aromatic carbocycles. The average molecular weight is 490 g/mol. The normalized spacial score (nSPS) is 20.1. The summed E-state index contributed by atoms with van der Waals surface area (Å²) in [7, 11) is 1.97. The van der Waals surface area contributed by atoms with Crippen molar-refractivity contribution in [3.63, 3.8) is 0 Å². The number of aromatic hydroxyl groups is 1. The smallest absolute Gasteiger partial charge is 0.229 e. The number of halogens is 2. The highest BCUT2D eigenvalue weighted by atomic mass is 35.5. The molecular weight excluding hydrogens is 461 g/mol. The molecule has 4 rings (SSSR count). The van der Waals surface area contributed by atoms with Gasteiger partial charge in [-0.05, 0) is 74.3 Å². The first-order valence-corrected chi connectivity index (χ1v) is 11.9. The van der Waals surface area contributed by atoms with E-state index in [0.717, 1.165) is 28.5 Å². The maximum atomic E-state index is 13.4. The van der Waals surface area contributed by atoms with Crippen LogP contribution in [0.1, 0.15) is 24.5 Å². The van der Waals surface area contributed by atoms with Gasteiger partial charge in [0.25, 0.3) is 0 Å². The molecule has 3 unspecified atom stereocenters. The number of benzene rings is 2. The van der Waals surface area contributed by atoms with Crippen LogP contribution in [0, 0.1) is 5.92 Å². The van der Waals surface area contributed by atoms with Crippen molar-refractivity contribution in [1.29, 1.82) is 0 Å². The third kappa shape index (κ3) is 5.30. The van der Waals surface area contributed by atoms with Crippen LogP contribution in [0.5, 0.6) is 5.75 Å². The Morgan fingerprint density at radius 2 is 1.94 bits per heavy atom. The first-order chi connectivity index (χ1) is 15.7. The fourth-order valence-corrected chi connectivity index (χ4v) is 5.50. The lowest BCUT2D eigenvalue weighted by Gasteiger charge is -2.43. The molecule has 3 aromatic rings. The minimum Gasteiger partial charge on any atom is -0.508 e. The first kappa shape index (κ1) is 23.9. The summed E-state index contributed by atoms with van der Waals surface area (Å²) < 4.78 is 0. The van der Waals surface area contributed by atoms with Gasteiger partial charge in [0, 0.05) is 52.8 Å². The maximum Gasteiger partial charge on any atom is 0.229 e. The number of aliphatic hydroxyl groups is 1. The molecule has 33 heavy (non-hydrogen) atoms. The average Bonchev–Trinajstić information content (AvgIpc) is 3.13. The van der Waals surface area contributed by atoms with E-state index in [0.29, 0.717) is 36.1 Å². The summed E-state index contributed by atoms with van der Waals surface area (Å²) >= 11 is 12.3. The number of carbonyl (C=O) groups excluding carboxylic acids is 1. The molecule has 0 aliphatic carbocycles. The van der Waals surface area contributed by atoms with Gasteiger partial charge in [-0.3, -0.25) is 9.69 Å². The van der Waals surface area contributed by atoms with Crippen molar-refractivity contribution < 1.29 is 15.0 Å². The Kier molecular flexibility index (Phi) is 7.19. The molecule has 0 bridgehead atoms. The van der Waals surface area contributed by atoms with E-state index in [1.807, 2.05) is 36.3 Å². The van der Waals surface area contributed by atoms with Crippen molar-refractivity contribution in [2.45, 2.75) is 38.5 Å². The quantitative estimate of drug-likeness (QED) is 0.457. The topological polar surface area (TPSA) is 79.8 Å². The molecule has 1 saturated heterocycles. The number of aromatic amines is 1. The Hall–Kier alpha value is -2.25. The number of piperidine rings is 1. The van der Waals surface area contributed by atoms with Crippen LogP contribution in [-0.4, -0.2) is 63.2 Å². The van der Waals surface area contributed by atoms with Gasteiger partial charge in [-0.25, -0.2) is 0 Å². The lowest BCUT2D eigenvalue weighted by molar-refractivity contribution is -0.147. The Balaban J connectivity index is 1.45. The van der Waals surface area contributed by atoms with Crippen molar-refractivity contribution in [2.75, 3.05) is 20.1 Å². The van der Waals surface area contributed by atoms with Crippen molar-refractivity contribution in [2.24, 2.45) is 5.92 Å². The number of hydrogen-bond acceptors (Lipinski definition) is 4. The summed E-state index contributed by atoms with van der Waals surface area (Å²) in [6, 6.07) is 10.6. The number of rotatable bonds is 7. The number of nitrogens with one attached hydrogen (secondary N) is 1. The Bertz CT molecular complexity index is 1130. The molecule has 1 aromatic heterocycles. The van der Waals surface area contributed by atoms with E-state index in [2.05, 4.69) is 9.88 Å². The molecule has 176 valence electrons. The minimum absolute atomic E-state index is 0.0279. The molecule has 1 aliphatic rings. The van der Waals surface area contributed by atoms with E-state index >= 15 is 0 Å². The van der Waals surface area contributed by atoms with Crippen LogP contribution in [0.2, 0.25) is 10.0 Å². The van der Waals surface area contributed by atoms with E-state index in [1.165, 1.54) is 0 Å². The maximum absolute atomic E-state index is 13.4. The molecule has 1 amide bonds. The van der Waals surface area contributed by atoms with Crippen LogP contribution >= 0.6 is 23.2 Å². The summed E-state index contributed by atoms with van der Waals surface area (Å²) in [6.07, 6.45) is 2.60. The number of hydrogen-bond donors (Lipinski definition) is 3. The molecule has 0 spiro atoms. The largest absolute Gasteiger partial charge is 0.508 e. The van der Waals surface area contributed by atoms with E-state index in [9.17, 15) is 15.0 Å². The monoisotopic (exact) mass is 489 g/mol. The van der Waals surface area contributed by atoms with Gasteiger partial charge in [0.1, 0.15) is 5.75 Å². The van der Waals surface area contributed by atoms with E-state index in [4.69, 9.17) is 23.2 Å². The summed E-state index contributed by atoms with van der Waals surface area (Å²) in [5.74, 6) is -0.316. The second-order valence-electron chi connectivity index (χ2n) is 8.93. The highest BCUT2D eigenvalue weighted by molar-refractivity contribution is 6.34. The van der Waals surface area contributed by atoms with Crippen molar-refractivity contribution in [3.8, 4) is 5.75 Å². The summed E-state index contributed by atoms with van der Waals surface area (Å²) in [4.78, 5) is 20.5. The zero-order chi connectivity index (χ0) is 23.7. The second kappa shape index (κ2) is 9.94. The third-order valence-corrected chi connectivity index (χ3v) is 6.98. The number of H-pyrrole nitrogens is 1. The summed E-state index contributed by atoms with van der Waals surface area (Å²) in [6.45, 7) is 3.46. The lowest BCUT2D eigenvalue weighted by atomic mass is 9.85. The molecular formula is C25H29Cl2N3O3. The molecule has 2 heterocycles. The van der Waals surface area contributed by atoms with Gasteiger partial charge in [-0.1, -0.05) is 23.2 Å². The highest BCUT2D eigenvalue weighted by Gasteiger charge is 2.41. The van der Waals surface area contributed by atoms with Crippen LogP contribution < -0.4 is 0 Å². The second-order valence-corrected chi connectivity index (χ2v) is 9.81. The molecule has 8 heteroatoms. The fraction of sp³-hybridized carbons (Fsp3) is 0.400. The van der Waals surface area contributed by atoms with Gasteiger partial charge < -0.3 is 20.1 Å². The van der Waals surface area contributed by atoms with Crippen LogP contribution in [0.25, 0.3) is 10.9 Å². The number of aliphatic hydroxyl groups excluding tert-OH is 1. The summed E-state index contributed by atoms with van der Waals surface area (Å²) in [5, 5.41) is 22.5. The molecule has 1 aliphatic heterocycles. The van der Waals surface area contributed by atoms with Gasteiger partial charge >= 0.3 is 0 Å².